The Hall–Kier alpha value is -1.92. The van der Waals surface area contributed by atoms with Crippen LogP contribution in [0.4, 0.5) is 0 Å². The zero-order valence-electron chi connectivity index (χ0n) is 12.9. The third-order valence-corrected chi connectivity index (χ3v) is 4.28. The van der Waals surface area contributed by atoms with Gasteiger partial charge < -0.3 is 20.1 Å². The summed E-state index contributed by atoms with van der Waals surface area (Å²) in [5, 5.41) is 4.23. The minimum absolute atomic E-state index is 0.0644. The molecule has 2 N–H and O–H groups in total. The predicted octanol–water partition coefficient (Wildman–Crippen LogP) is 1.94. The van der Waals surface area contributed by atoms with E-state index in [1.54, 1.807) is 0 Å². The molecule has 0 unspecified atom stereocenters. The number of aromatic amines is 1. The van der Waals surface area contributed by atoms with Crippen molar-refractivity contribution in [3.63, 3.8) is 0 Å². The molecule has 2 aromatic heterocycles. The van der Waals surface area contributed by atoms with Gasteiger partial charge in [-0.25, -0.2) is 0 Å². The summed E-state index contributed by atoms with van der Waals surface area (Å²) < 4.78 is 0. The summed E-state index contributed by atoms with van der Waals surface area (Å²) in [4.78, 5) is 12.3. The van der Waals surface area contributed by atoms with Crippen LogP contribution in [0.3, 0.4) is 0 Å². The van der Waals surface area contributed by atoms with E-state index >= 15 is 0 Å². The minimum atomic E-state index is 0.0644. The molecule has 1 aliphatic rings. The summed E-state index contributed by atoms with van der Waals surface area (Å²) in [7, 11) is 4.15. The van der Waals surface area contributed by atoms with Gasteiger partial charge in [0, 0.05) is 31.2 Å². The van der Waals surface area contributed by atoms with E-state index in [1.165, 1.54) is 0 Å². The van der Waals surface area contributed by atoms with Crippen molar-refractivity contribution in [2.75, 3.05) is 27.2 Å². The molecule has 0 amide bonds. The molecule has 5 nitrogen and oxygen atoms in total. The monoisotopic (exact) mass is 315 g/mol. The Labute approximate surface area is 136 Å². The van der Waals surface area contributed by atoms with Crippen LogP contribution < -0.4 is 5.32 Å². The molecular weight excluding hydrogens is 294 g/mol. The van der Waals surface area contributed by atoms with Crippen molar-refractivity contribution in [2.45, 2.75) is 12.1 Å². The third-order valence-electron chi connectivity index (χ3n) is 3.93. The standard InChI is InChI=1S/C16H21N5S/c1-20(2)10-11-21-15(13-7-5-9-18-13)14(19-16(21)22)12-6-3-4-8-17-12/h3-9,14-15,18H,10-11H2,1-2H3,(H,19,22)/t14-,15+/m1/s1. The van der Waals surface area contributed by atoms with Crippen molar-refractivity contribution >= 4 is 17.3 Å². The zero-order chi connectivity index (χ0) is 15.5. The van der Waals surface area contributed by atoms with Crippen molar-refractivity contribution in [1.29, 1.82) is 0 Å². The molecule has 116 valence electrons. The Morgan fingerprint density at radius 2 is 2.14 bits per heavy atom. The minimum Gasteiger partial charge on any atom is -0.363 e. The lowest BCUT2D eigenvalue weighted by Crippen LogP contribution is -2.35. The van der Waals surface area contributed by atoms with Gasteiger partial charge in [-0.05, 0) is 50.6 Å². The van der Waals surface area contributed by atoms with Crippen LogP contribution in [-0.2, 0) is 0 Å². The van der Waals surface area contributed by atoms with Gasteiger partial charge in [0.25, 0.3) is 0 Å². The summed E-state index contributed by atoms with van der Waals surface area (Å²) in [6.45, 7) is 1.83. The van der Waals surface area contributed by atoms with Gasteiger partial charge in [0.05, 0.1) is 17.8 Å². The number of hydrogen-bond acceptors (Lipinski definition) is 3. The van der Waals surface area contributed by atoms with Crippen LogP contribution in [0, 0.1) is 0 Å². The van der Waals surface area contributed by atoms with Crippen molar-refractivity contribution in [2.24, 2.45) is 0 Å². The topological polar surface area (TPSA) is 47.2 Å². The first-order chi connectivity index (χ1) is 10.7. The molecule has 1 aliphatic heterocycles. The highest BCUT2D eigenvalue weighted by Gasteiger charge is 2.39. The molecular formula is C16H21N5S. The second kappa shape index (κ2) is 6.46. The number of likely N-dealkylation sites (N-methyl/N-ethyl adjacent to an activating group) is 1. The van der Waals surface area contributed by atoms with Crippen LogP contribution in [0.1, 0.15) is 23.5 Å². The van der Waals surface area contributed by atoms with Gasteiger partial charge in [0.2, 0.25) is 0 Å². The predicted molar refractivity (Wildman–Crippen MR) is 91.5 cm³/mol. The first kappa shape index (κ1) is 15.0. The number of rotatable bonds is 5. The van der Waals surface area contributed by atoms with Crippen LogP contribution in [-0.4, -0.2) is 52.1 Å². The summed E-state index contributed by atoms with van der Waals surface area (Å²) >= 11 is 5.58. The van der Waals surface area contributed by atoms with E-state index < -0.39 is 0 Å². The number of pyridine rings is 1. The van der Waals surface area contributed by atoms with Gasteiger partial charge >= 0.3 is 0 Å². The lowest BCUT2D eigenvalue weighted by atomic mass is 10.0. The average Bonchev–Trinajstić information content (AvgIpc) is 3.13. The van der Waals surface area contributed by atoms with E-state index in [1.807, 2.05) is 36.7 Å². The Morgan fingerprint density at radius 3 is 2.77 bits per heavy atom. The van der Waals surface area contributed by atoms with E-state index in [9.17, 15) is 0 Å². The van der Waals surface area contributed by atoms with Crippen molar-refractivity contribution in [3.8, 4) is 0 Å². The lowest BCUT2D eigenvalue weighted by Gasteiger charge is -2.28. The average molecular weight is 315 g/mol. The number of nitrogens with one attached hydrogen (secondary N) is 2. The fourth-order valence-corrected chi connectivity index (χ4v) is 3.15. The van der Waals surface area contributed by atoms with Crippen molar-refractivity contribution in [3.05, 3.63) is 54.1 Å². The molecule has 0 bridgehead atoms. The highest BCUT2D eigenvalue weighted by atomic mass is 32.1. The highest BCUT2D eigenvalue weighted by Crippen LogP contribution is 2.37. The molecule has 2 atom stereocenters. The Kier molecular flexibility index (Phi) is 4.40. The van der Waals surface area contributed by atoms with Gasteiger partial charge in [-0.1, -0.05) is 6.07 Å². The fraction of sp³-hybridized carbons (Fsp3) is 0.375. The highest BCUT2D eigenvalue weighted by molar-refractivity contribution is 7.80. The molecule has 0 spiro atoms. The first-order valence-corrected chi connectivity index (χ1v) is 7.83. The first-order valence-electron chi connectivity index (χ1n) is 7.43. The smallest absolute Gasteiger partial charge is 0.170 e. The number of hydrogen-bond donors (Lipinski definition) is 2. The second-order valence-electron chi connectivity index (χ2n) is 5.75. The number of aromatic nitrogens is 2. The number of nitrogens with zero attached hydrogens (tertiary/aromatic N) is 3. The summed E-state index contributed by atoms with van der Waals surface area (Å²) in [6, 6.07) is 10.3. The molecule has 2 aromatic rings. The Bertz CT molecular complexity index is 611. The molecule has 22 heavy (non-hydrogen) atoms. The Morgan fingerprint density at radius 1 is 1.27 bits per heavy atom. The molecule has 3 rings (SSSR count). The summed E-state index contributed by atoms with van der Waals surface area (Å²) in [5.74, 6) is 0. The van der Waals surface area contributed by atoms with Gasteiger partial charge in [-0.3, -0.25) is 4.98 Å². The molecule has 1 fully saturated rings. The number of H-pyrrole nitrogens is 1. The molecule has 0 radical (unpaired) electrons. The van der Waals surface area contributed by atoms with Crippen molar-refractivity contribution in [1.82, 2.24) is 25.1 Å². The Balaban J connectivity index is 1.92. The maximum absolute atomic E-state index is 5.58. The van der Waals surface area contributed by atoms with E-state index in [0.717, 1.165) is 29.6 Å². The molecule has 0 aromatic carbocycles. The van der Waals surface area contributed by atoms with Crippen LogP contribution in [0.25, 0.3) is 0 Å². The van der Waals surface area contributed by atoms with E-state index in [0.29, 0.717) is 0 Å². The number of thiocarbonyl (C=S) groups is 1. The van der Waals surface area contributed by atoms with Crippen LogP contribution in [0.5, 0.6) is 0 Å². The molecule has 3 heterocycles. The fourth-order valence-electron chi connectivity index (χ4n) is 2.82. The van der Waals surface area contributed by atoms with Gasteiger partial charge in [0.15, 0.2) is 5.11 Å². The summed E-state index contributed by atoms with van der Waals surface area (Å²) in [5.41, 5.74) is 2.17. The van der Waals surface area contributed by atoms with Gasteiger partial charge in [-0.15, -0.1) is 0 Å². The third kappa shape index (κ3) is 2.98. The molecule has 1 saturated heterocycles. The molecule has 6 heteroatoms. The van der Waals surface area contributed by atoms with E-state index in [4.69, 9.17) is 12.2 Å². The lowest BCUT2D eigenvalue weighted by molar-refractivity contribution is 0.274. The van der Waals surface area contributed by atoms with Crippen LogP contribution >= 0.6 is 12.2 Å². The summed E-state index contributed by atoms with van der Waals surface area (Å²) in [6.07, 6.45) is 3.78. The quantitative estimate of drug-likeness (QED) is 0.826. The van der Waals surface area contributed by atoms with Gasteiger partial charge in [0.1, 0.15) is 0 Å². The van der Waals surface area contributed by atoms with Gasteiger partial charge in [-0.2, -0.15) is 0 Å². The maximum atomic E-state index is 5.58. The van der Waals surface area contributed by atoms with Crippen molar-refractivity contribution < 1.29 is 0 Å². The normalized spacial score (nSPS) is 21.4. The second-order valence-corrected chi connectivity index (χ2v) is 6.14. The SMILES string of the molecule is CN(C)CCN1C(=S)N[C@H](c2ccccn2)[C@@H]1c1ccc[nH]1. The van der Waals surface area contributed by atoms with E-state index in [2.05, 4.69) is 45.2 Å². The molecule has 0 saturated carbocycles. The zero-order valence-corrected chi connectivity index (χ0v) is 13.7. The van der Waals surface area contributed by atoms with E-state index in [-0.39, 0.29) is 12.1 Å². The molecule has 0 aliphatic carbocycles. The van der Waals surface area contributed by atoms with Crippen LogP contribution in [0.2, 0.25) is 0 Å². The maximum Gasteiger partial charge on any atom is 0.170 e. The van der Waals surface area contributed by atoms with Crippen LogP contribution in [0.15, 0.2) is 42.7 Å². The largest absolute Gasteiger partial charge is 0.363 e.